The van der Waals surface area contributed by atoms with Crippen LogP contribution in [0.25, 0.3) is 0 Å². The summed E-state index contributed by atoms with van der Waals surface area (Å²) in [5.41, 5.74) is 9.57. The lowest BCUT2D eigenvalue weighted by Gasteiger charge is -2.21. The molecule has 2 amide bonds. The number of guanidine groups is 1. The molecule has 1 aliphatic rings. The number of nitrogens with zero attached hydrogens (tertiary/aromatic N) is 1. The first-order valence-electron chi connectivity index (χ1n) is 13.9. The zero-order chi connectivity index (χ0) is 30.5. The van der Waals surface area contributed by atoms with Crippen molar-refractivity contribution in [1.82, 2.24) is 15.4 Å². The highest BCUT2D eigenvalue weighted by Crippen LogP contribution is 2.43. The van der Waals surface area contributed by atoms with E-state index >= 15 is 0 Å². The molecule has 1 heterocycles. The second kappa shape index (κ2) is 12.9. The number of carbonyl (C=O) groups is 2. The highest BCUT2D eigenvalue weighted by Gasteiger charge is 2.36. The van der Waals surface area contributed by atoms with Gasteiger partial charge in [-0.15, -0.1) is 0 Å². The average Bonchev–Trinajstić information content (AvgIpc) is 3.20. The molecule has 0 aromatic heterocycles. The van der Waals surface area contributed by atoms with Gasteiger partial charge in [0.25, 0.3) is 10.0 Å². The van der Waals surface area contributed by atoms with Crippen LogP contribution >= 0.6 is 0 Å². The van der Waals surface area contributed by atoms with Crippen LogP contribution in [-0.4, -0.2) is 50.4 Å². The van der Waals surface area contributed by atoms with E-state index in [9.17, 15) is 18.0 Å². The van der Waals surface area contributed by atoms with E-state index < -0.39 is 21.7 Å². The summed E-state index contributed by atoms with van der Waals surface area (Å²) >= 11 is 0. The Morgan fingerprint density at radius 3 is 2.37 bits per heavy atom. The number of rotatable bonds is 11. The molecule has 0 aliphatic carbocycles. The SMILES string of the molecule is CC(=O)N[C@@H](CCCN=C(N)NS(=O)(=O)c1c(C)c(C)c2c(c1C)CC(C)(C)O2)C(=O)N[C@@H](C)Cc1ccccc1. The number of nitrogens with one attached hydrogen (secondary N) is 3. The van der Waals surface area contributed by atoms with Gasteiger partial charge in [-0.05, 0) is 83.1 Å². The third-order valence-corrected chi connectivity index (χ3v) is 8.83. The first kappa shape index (κ1) is 31.9. The molecule has 1 aliphatic heterocycles. The minimum Gasteiger partial charge on any atom is -0.487 e. The number of amides is 2. The van der Waals surface area contributed by atoms with E-state index in [1.165, 1.54) is 6.92 Å². The molecule has 0 saturated carbocycles. The molecular formula is C30H43N5O5S. The summed E-state index contributed by atoms with van der Waals surface area (Å²) in [6, 6.07) is 8.94. The molecule has 2 atom stereocenters. The van der Waals surface area contributed by atoms with Crippen molar-refractivity contribution in [3.63, 3.8) is 0 Å². The lowest BCUT2D eigenvalue weighted by atomic mass is 9.94. The number of fused-ring (bicyclic) bond motifs is 1. The van der Waals surface area contributed by atoms with Crippen molar-refractivity contribution in [2.75, 3.05) is 6.54 Å². The molecule has 5 N–H and O–H groups in total. The van der Waals surface area contributed by atoms with E-state index in [1.807, 2.05) is 58.0 Å². The molecule has 11 heteroatoms. The maximum Gasteiger partial charge on any atom is 0.264 e. The molecule has 0 unspecified atom stereocenters. The number of nitrogens with two attached hydrogens (primary N) is 1. The fourth-order valence-electron chi connectivity index (χ4n) is 5.24. The Bertz CT molecular complexity index is 1420. The summed E-state index contributed by atoms with van der Waals surface area (Å²) in [6.07, 6.45) is 1.98. The molecule has 2 aromatic rings. The van der Waals surface area contributed by atoms with Gasteiger partial charge in [0.15, 0.2) is 0 Å². The number of carbonyl (C=O) groups excluding carboxylic acids is 2. The van der Waals surface area contributed by atoms with Crippen LogP contribution in [0.2, 0.25) is 0 Å². The van der Waals surface area contributed by atoms with Crippen LogP contribution in [0.5, 0.6) is 5.75 Å². The molecule has 0 bridgehead atoms. The number of benzene rings is 2. The van der Waals surface area contributed by atoms with Crippen molar-refractivity contribution < 1.29 is 22.7 Å². The molecule has 0 spiro atoms. The Morgan fingerprint density at radius 1 is 1.07 bits per heavy atom. The monoisotopic (exact) mass is 585 g/mol. The van der Waals surface area contributed by atoms with Crippen molar-refractivity contribution in [2.24, 2.45) is 10.7 Å². The minimum atomic E-state index is -4.01. The number of aliphatic imine (C=N–C) groups is 1. The van der Waals surface area contributed by atoms with Crippen LogP contribution in [0.3, 0.4) is 0 Å². The highest BCUT2D eigenvalue weighted by atomic mass is 32.2. The maximum absolute atomic E-state index is 13.4. The van der Waals surface area contributed by atoms with Gasteiger partial charge in [0.1, 0.15) is 17.4 Å². The Balaban J connectivity index is 1.62. The third kappa shape index (κ3) is 8.22. The predicted molar refractivity (Wildman–Crippen MR) is 160 cm³/mol. The fourth-order valence-corrected chi connectivity index (χ4v) is 6.76. The second-order valence-electron chi connectivity index (χ2n) is 11.4. The largest absolute Gasteiger partial charge is 0.487 e. The molecule has 10 nitrogen and oxygen atoms in total. The second-order valence-corrected chi connectivity index (χ2v) is 13.0. The van der Waals surface area contributed by atoms with Gasteiger partial charge in [0.2, 0.25) is 17.8 Å². The fraction of sp³-hybridized carbons (Fsp3) is 0.500. The minimum absolute atomic E-state index is 0.128. The Labute approximate surface area is 243 Å². The Hall–Kier alpha value is -3.60. The number of hydrogen-bond donors (Lipinski definition) is 4. The molecule has 224 valence electrons. The van der Waals surface area contributed by atoms with Crippen LogP contribution in [0.4, 0.5) is 0 Å². The molecular weight excluding hydrogens is 542 g/mol. The van der Waals surface area contributed by atoms with Gasteiger partial charge in [-0.2, -0.15) is 0 Å². The smallest absolute Gasteiger partial charge is 0.264 e. The molecule has 0 saturated heterocycles. The van der Waals surface area contributed by atoms with Gasteiger partial charge < -0.3 is 21.1 Å². The zero-order valence-corrected chi connectivity index (χ0v) is 25.9. The van der Waals surface area contributed by atoms with Crippen molar-refractivity contribution in [3.8, 4) is 5.75 Å². The summed E-state index contributed by atoms with van der Waals surface area (Å²) < 4.78 is 35.2. The van der Waals surface area contributed by atoms with Gasteiger partial charge >= 0.3 is 0 Å². The first-order chi connectivity index (χ1) is 19.1. The first-order valence-corrected chi connectivity index (χ1v) is 15.4. The Kier molecular flexibility index (Phi) is 10.1. The van der Waals surface area contributed by atoms with Crippen molar-refractivity contribution in [3.05, 3.63) is 58.1 Å². The van der Waals surface area contributed by atoms with Crippen LogP contribution < -0.4 is 25.8 Å². The van der Waals surface area contributed by atoms with E-state index in [1.54, 1.807) is 13.8 Å². The molecule has 0 fully saturated rings. The predicted octanol–water partition coefficient (Wildman–Crippen LogP) is 2.95. The van der Waals surface area contributed by atoms with Crippen LogP contribution in [0.15, 0.2) is 40.2 Å². The van der Waals surface area contributed by atoms with Crippen LogP contribution in [0, 0.1) is 20.8 Å². The number of hydrogen-bond acceptors (Lipinski definition) is 6. The lowest BCUT2D eigenvalue weighted by molar-refractivity contribution is -0.128. The van der Waals surface area contributed by atoms with E-state index in [0.717, 1.165) is 22.4 Å². The van der Waals surface area contributed by atoms with Gasteiger partial charge in [0, 0.05) is 31.5 Å². The number of sulfonamides is 1. The lowest BCUT2D eigenvalue weighted by Crippen LogP contribution is -2.49. The van der Waals surface area contributed by atoms with E-state index in [2.05, 4.69) is 20.3 Å². The molecule has 41 heavy (non-hydrogen) atoms. The molecule has 2 aromatic carbocycles. The van der Waals surface area contributed by atoms with Gasteiger partial charge in [-0.25, -0.2) is 13.1 Å². The topological polar surface area (TPSA) is 152 Å². The van der Waals surface area contributed by atoms with E-state index in [4.69, 9.17) is 10.5 Å². The summed E-state index contributed by atoms with van der Waals surface area (Å²) in [4.78, 5) is 29.0. The van der Waals surface area contributed by atoms with Gasteiger partial charge in [-0.1, -0.05) is 30.3 Å². The summed E-state index contributed by atoms with van der Waals surface area (Å²) in [5.74, 6) is -0.0967. The normalized spacial score (nSPS) is 15.8. The Morgan fingerprint density at radius 2 is 1.73 bits per heavy atom. The number of ether oxygens (including phenoxy) is 1. The van der Waals surface area contributed by atoms with E-state index in [-0.39, 0.29) is 35.3 Å². The van der Waals surface area contributed by atoms with Crippen molar-refractivity contribution in [1.29, 1.82) is 0 Å². The van der Waals surface area contributed by atoms with E-state index in [0.29, 0.717) is 36.8 Å². The standard InChI is InChI=1S/C30H43N5O5S/c1-18(16-23-12-9-8-10-13-23)33-28(37)25(34-22(5)36)14-11-15-32-29(31)35-41(38,39)27-20(3)19(2)26-24(21(27)4)17-30(6,7)40-26/h8-10,12-13,18,25H,11,14-17H2,1-7H3,(H,33,37)(H,34,36)(H3,31,32,35)/t18-,25-/m0/s1. The third-order valence-electron chi connectivity index (χ3n) is 7.20. The van der Waals surface area contributed by atoms with Gasteiger partial charge in [-0.3, -0.25) is 14.6 Å². The summed E-state index contributed by atoms with van der Waals surface area (Å²) in [6.45, 7) is 12.8. The van der Waals surface area contributed by atoms with Crippen LogP contribution in [0.1, 0.15) is 68.4 Å². The van der Waals surface area contributed by atoms with Crippen molar-refractivity contribution in [2.45, 2.75) is 96.7 Å². The maximum atomic E-state index is 13.4. The summed E-state index contributed by atoms with van der Waals surface area (Å²) in [7, 11) is -4.01. The van der Waals surface area contributed by atoms with Crippen LogP contribution in [-0.2, 0) is 32.5 Å². The average molecular weight is 586 g/mol. The van der Waals surface area contributed by atoms with Crippen molar-refractivity contribution >= 4 is 27.8 Å². The van der Waals surface area contributed by atoms with Gasteiger partial charge in [0.05, 0.1) is 4.90 Å². The highest BCUT2D eigenvalue weighted by molar-refractivity contribution is 7.90. The quantitative estimate of drug-likeness (QED) is 0.181. The summed E-state index contributed by atoms with van der Waals surface area (Å²) in [5, 5.41) is 5.64. The molecule has 0 radical (unpaired) electrons. The molecule has 3 rings (SSSR count). The zero-order valence-electron chi connectivity index (χ0n) is 25.1.